The molecule has 4 aromatic heterocycles. The van der Waals surface area contributed by atoms with Gasteiger partial charge in [0.1, 0.15) is 0 Å². The monoisotopic (exact) mass is 1020 g/mol. The van der Waals surface area contributed by atoms with Crippen LogP contribution in [0.5, 0.6) is 0 Å². The quantitative estimate of drug-likeness (QED) is 0.125. The molecule has 0 N–H and O–H groups in total. The van der Waals surface area contributed by atoms with Crippen LogP contribution < -0.4 is 19.9 Å². The second-order valence-corrected chi connectivity index (χ2v) is 19.0. The predicted molar refractivity (Wildman–Crippen MR) is 289 cm³/mol. The average molecular weight is 1020 g/mol. The average Bonchev–Trinajstić information content (AvgIpc) is 4.20. The molecule has 70 heavy (non-hydrogen) atoms. The zero-order valence-corrected chi connectivity index (χ0v) is 46.6. The maximum Gasteiger partial charge on any atom is 2.00 e. The fourth-order valence-corrected chi connectivity index (χ4v) is 10.5. The van der Waals surface area contributed by atoms with E-state index < -0.39 is 0 Å². The molecule has 0 amide bonds. The van der Waals surface area contributed by atoms with Crippen LogP contribution in [0.1, 0.15) is 174 Å². The van der Waals surface area contributed by atoms with Gasteiger partial charge in [-0.1, -0.05) is 110 Å². The Labute approximate surface area is 439 Å². The zero-order chi connectivity index (χ0) is 49.1. The molecular formula is C60H72Co2N8. The van der Waals surface area contributed by atoms with Crippen LogP contribution in [0.25, 0.3) is 24.3 Å². The number of allylic oxidation sites excluding steroid dienone is 8. The molecule has 0 saturated carbocycles. The van der Waals surface area contributed by atoms with Gasteiger partial charge in [0, 0.05) is 23.9 Å². The molecule has 4 aliphatic rings. The summed E-state index contributed by atoms with van der Waals surface area (Å²) in [6.07, 6.45) is 24.3. The molecule has 0 saturated heterocycles. The summed E-state index contributed by atoms with van der Waals surface area (Å²) < 4.78 is 0. The molecule has 2 radical (unpaired) electrons. The van der Waals surface area contributed by atoms with Gasteiger partial charge in [-0.3, -0.25) is 20.0 Å². The van der Waals surface area contributed by atoms with Crippen LogP contribution in [-0.2, 0) is 59.2 Å². The summed E-state index contributed by atoms with van der Waals surface area (Å²) in [6, 6.07) is 0. The maximum atomic E-state index is 4.90. The Bertz CT molecular complexity index is 2840. The van der Waals surface area contributed by atoms with Crippen LogP contribution in [0, 0.1) is 41.5 Å². The number of hydrogen-bond donors (Lipinski definition) is 0. The van der Waals surface area contributed by atoms with E-state index in [4.69, 9.17) is 20.0 Å². The molecule has 8 heterocycles. The number of nitrogens with zero attached hydrogens (tertiary/aromatic N) is 8. The molecule has 4 aromatic rings. The molecule has 0 aromatic carbocycles. The minimum Gasteiger partial charge on any atom is -0.664 e. The van der Waals surface area contributed by atoms with Crippen molar-refractivity contribution in [1.82, 2.24) is 19.9 Å². The van der Waals surface area contributed by atoms with Crippen molar-refractivity contribution in [2.24, 2.45) is 20.0 Å². The van der Waals surface area contributed by atoms with Gasteiger partial charge in [-0.05, 0) is 165 Å². The Kier molecular flexibility index (Phi) is 18.9. The van der Waals surface area contributed by atoms with E-state index in [2.05, 4.69) is 155 Å². The molecule has 0 aliphatic carbocycles. The Morgan fingerprint density at radius 3 is 1.11 bits per heavy atom. The minimum atomic E-state index is 0. The number of aliphatic imine (C=N–C) groups is 4. The molecule has 8 nitrogen and oxygen atoms in total. The standard InChI is InChI=1S/2C30H36N4.2Co/c2*1-9-23-17(3)15-31-29(23)13-27-19(5)25(21(7)33-27)11-12-26-20(6)28(34-22(26)8)14-30-24(10-2)18(4)16-32-30;;/h2*13-16H,9-12H2,1-8H3;;/q2*-2;2*+2/b27-13+,30-14+;27-13-,30-14+;;. The summed E-state index contributed by atoms with van der Waals surface area (Å²) in [5, 5.41) is 0. The Hall–Kier alpha value is -5.27. The van der Waals surface area contributed by atoms with Crippen molar-refractivity contribution >= 4 is 48.2 Å². The molecule has 0 atom stereocenters. The van der Waals surface area contributed by atoms with Crippen molar-refractivity contribution in [3.05, 3.63) is 158 Å². The van der Waals surface area contributed by atoms with Crippen molar-refractivity contribution in [3.63, 3.8) is 0 Å². The number of rotatable bonds is 14. The third kappa shape index (κ3) is 11.4. The number of aromatic nitrogens is 4. The number of hydrogen-bond acceptors (Lipinski definition) is 4. The first-order valence-corrected chi connectivity index (χ1v) is 24.8. The fourth-order valence-electron chi connectivity index (χ4n) is 10.5. The molecule has 4 aliphatic heterocycles. The molecular weight excluding hydrogens is 951 g/mol. The summed E-state index contributed by atoms with van der Waals surface area (Å²) in [4.78, 5) is 38.1. The van der Waals surface area contributed by atoms with Gasteiger partial charge in [0.15, 0.2) is 0 Å². The van der Waals surface area contributed by atoms with E-state index in [1.165, 1.54) is 89.1 Å². The van der Waals surface area contributed by atoms with Crippen molar-refractivity contribution in [1.29, 1.82) is 0 Å². The van der Waals surface area contributed by atoms with E-state index in [1.54, 1.807) is 0 Å². The topological polar surface area (TPSA) is 106 Å². The van der Waals surface area contributed by atoms with Crippen molar-refractivity contribution < 1.29 is 33.6 Å². The Balaban J connectivity index is 0.000000254. The largest absolute Gasteiger partial charge is 2.00 e. The third-order valence-electron chi connectivity index (χ3n) is 14.7. The predicted octanol–water partition coefficient (Wildman–Crippen LogP) is 14.0. The summed E-state index contributed by atoms with van der Waals surface area (Å²) in [7, 11) is 0. The van der Waals surface area contributed by atoms with Crippen molar-refractivity contribution in [3.8, 4) is 0 Å². The van der Waals surface area contributed by atoms with Gasteiger partial charge in [-0.25, -0.2) is 0 Å². The van der Waals surface area contributed by atoms with Crippen LogP contribution in [0.15, 0.2) is 99.7 Å². The SMILES string of the molecule is CCC1=C(C)C=N/C1=C/c1[n-]c(C)c(CCC2=C(C)/C(=C/c3[n-]cc(C)c3CC)N=C2C)c1C.CCC1=C(C)C=N/C1=C/c1[n-]c(C)c(CCC2=C(C)/C(=C\c3[n-]cc(C)c3CC)N=C2C)c1C.[Co+2].[Co+2]. The minimum absolute atomic E-state index is 0. The fraction of sp³-hybridized carbons (Fsp3) is 0.400. The first-order chi connectivity index (χ1) is 32.5. The maximum absolute atomic E-state index is 4.90. The van der Waals surface area contributed by atoms with Crippen molar-refractivity contribution in [2.75, 3.05) is 0 Å². The van der Waals surface area contributed by atoms with Crippen LogP contribution in [-0.4, -0.2) is 23.9 Å². The Morgan fingerprint density at radius 2 is 0.771 bits per heavy atom. The van der Waals surface area contributed by atoms with E-state index in [1.807, 2.05) is 24.8 Å². The zero-order valence-electron chi connectivity index (χ0n) is 44.5. The third-order valence-corrected chi connectivity index (χ3v) is 14.7. The normalized spacial score (nSPS) is 17.9. The van der Waals surface area contributed by atoms with E-state index in [0.29, 0.717) is 0 Å². The van der Waals surface area contributed by atoms with E-state index in [-0.39, 0.29) is 33.6 Å². The first-order valence-electron chi connectivity index (χ1n) is 24.8. The van der Waals surface area contributed by atoms with Gasteiger partial charge < -0.3 is 19.9 Å². The molecule has 0 fully saturated rings. The van der Waals surface area contributed by atoms with Gasteiger partial charge in [-0.15, -0.1) is 22.8 Å². The van der Waals surface area contributed by atoms with E-state index >= 15 is 0 Å². The summed E-state index contributed by atoms with van der Waals surface area (Å²) >= 11 is 0. The Morgan fingerprint density at radius 1 is 0.414 bits per heavy atom. The van der Waals surface area contributed by atoms with Gasteiger partial charge in [0.05, 0.1) is 22.8 Å². The van der Waals surface area contributed by atoms with Crippen LogP contribution in [0.4, 0.5) is 0 Å². The smallest absolute Gasteiger partial charge is 0.664 e. The molecule has 0 spiro atoms. The molecule has 10 heteroatoms. The van der Waals surface area contributed by atoms with Crippen LogP contribution in [0.2, 0.25) is 0 Å². The van der Waals surface area contributed by atoms with E-state index in [9.17, 15) is 0 Å². The van der Waals surface area contributed by atoms with Crippen molar-refractivity contribution in [2.45, 2.75) is 162 Å². The first kappa shape index (κ1) is 55.7. The molecule has 0 bridgehead atoms. The number of aryl methyl sites for hydroxylation is 4. The second kappa shape index (κ2) is 23.8. The molecule has 0 unspecified atom stereocenters. The van der Waals surface area contributed by atoms with Crippen LogP contribution >= 0.6 is 0 Å². The second-order valence-electron chi connectivity index (χ2n) is 19.0. The molecule has 8 rings (SSSR count). The van der Waals surface area contributed by atoms with Gasteiger partial charge in [0.2, 0.25) is 0 Å². The van der Waals surface area contributed by atoms with Gasteiger partial charge in [-0.2, -0.15) is 23.8 Å². The molecule has 370 valence electrons. The van der Waals surface area contributed by atoms with E-state index in [0.717, 1.165) is 120 Å². The van der Waals surface area contributed by atoms with Gasteiger partial charge in [0.25, 0.3) is 0 Å². The summed E-state index contributed by atoms with van der Waals surface area (Å²) in [5.74, 6) is 0. The van der Waals surface area contributed by atoms with Crippen LogP contribution in [0.3, 0.4) is 0 Å². The summed E-state index contributed by atoms with van der Waals surface area (Å²) in [6.45, 7) is 34.6. The summed E-state index contributed by atoms with van der Waals surface area (Å²) in [5.41, 5.74) is 33.7. The van der Waals surface area contributed by atoms with Gasteiger partial charge >= 0.3 is 33.6 Å².